The number of rotatable bonds is 16. The predicted octanol–water partition coefficient (Wildman–Crippen LogP) is 13.4. The maximum absolute atomic E-state index is 12.8. The van der Waals surface area contributed by atoms with Crippen LogP contribution in [0.5, 0.6) is 0 Å². The van der Waals surface area contributed by atoms with Gasteiger partial charge in [-0.2, -0.15) is 26.3 Å². The molecule has 4 amide bonds. The molecular formula is C71H103BCl3F6N13O13S3. The molecule has 0 unspecified atom stereocenters. The standard InChI is InChI=1S/C26H34F3N5O4S.C20H28BF3N2O3.C12H18ClN3O3S.C9H12ClN3O.C3H7ClO2S.CH4/c1-17(2)39(36,37)32-23-12-20(13-24(31-23)33-8-10-38-11-9-33)22-14-21(5-4-18(22)3)30-25(35)34-7-6-19(16-34)15-26(27,28)29;1-13-6-7-15(10-16(13)21-28-18(2,3)19(4,5)29-21)25-17(27)26-9-8-14(12-26)11-20(22,23)24;1-9(2)20(17,18)15-11-7-10(13)8-12(14-11)16-3-5-19-6-4-16;10-7-5-8(11)12-9(6-7)13-1-3-14-4-2-13;1-3(2)7(4,5)6;/h4-5,12-14,17,19H,6-11,15-16H2,1-3H3,(H,30,35)(H,31,32);6-7,10,14H,8-9,11-12H2,1-5H3,(H,25,27);7-9H,3-6H2,1-2H3,(H,14,15);5-6H,1-4H2,(H2,11,12);3H,1-2H3;1H4/t19-;14-;;;;/m00..../s1. The van der Waals surface area contributed by atoms with E-state index in [4.69, 9.17) is 63.1 Å². The highest BCUT2D eigenvalue weighted by Gasteiger charge is 2.52. The van der Waals surface area contributed by atoms with Crippen LogP contribution in [0.4, 0.5) is 82.2 Å². The number of nitrogen functional groups attached to an aromatic ring is 1. The minimum Gasteiger partial charge on any atom is -0.399 e. The number of nitrogens with zero attached hydrogens (tertiary/aromatic N) is 8. The fourth-order valence-electron chi connectivity index (χ4n) is 11.5. The van der Waals surface area contributed by atoms with E-state index in [9.17, 15) is 61.2 Å². The van der Waals surface area contributed by atoms with Crippen LogP contribution in [0.3, 0.4) is 0 Å². The summed E-state index contributed by atoms with van der Waals surface area (Å²) < 4.78 is 178. The van der Waals surface area contributed by atoms with Crippen LogP contribution in [0.1, 0.15) is 113 Å². The van der Waals surface area contributed by atoms with Crippen molar-refractivity contribution >= 4 is 134 Å². The second-order valence-corrected chi connectivity index (χ2v) is 37.3. The van der Waals surface area contributed by atoms with Gasteiger partial charge in [0.15, 0.2) is 0 Å². The Morgan fingerprint density at radius 3 is 1.32 bits per heavy atom. The highest BCUT2D eigenvalue weighted by molar-refractivity contribution is 8.14. The van der Waals surface area contributed by atoms with Gasteiger partial charge < -0.3 is 64.4 Å². The van der Waals surface area contributed by atoms with Gasteiger partial charge in [0, 0.05) is 116 Å². The molecule has 0 saturated carbocycles. The summed E-state index contributed by atoms with van der Waals surface area (Å²) in [6.07, 6.45) is -9.54. The zero-order valence-corrected chi connectivity index (χ0v) is 67.8. The molecule has 0 spiro atoms. The summed E-state index contributed by atoms with van der Waals surface area (Å²) in [5, 5.41) is 5.02. The summed E-state index contributed by atoms with van der Waals surface area (Å²) in [5.74, 6) is 1.82. The minimum absolute atomic E-state index is 0. The fraction of sp³-hybridized carbons (Fsp3) is 0.592. The number of hydrogen-bond donors (Lipinski definition) is 5. The maximum Gasteiger partial charge on any atom is 0.495 e. The minimum atomic E-state index is -4.25. The summed E-state index contributed by atoms with van der Waals surface area (Å²) in [7, 11) is -6.06. The van der Waals surface area contributed by atoms with Crippen molar-refractivity contribution in [2.75, 3.05) is 146 Å². The zero-order valence-electron chi connectivity index (χ0n) is 63.1. The molecule has 6 aliphatic rings. The Labute approximate surface area is 657 Å². The molecule has 26 nitrogen and oxygen atoms in total. The quantitative estimate of drug-likeness (QED) is 0.0348. The number of carbonyl (C=O) groups is 2. The number of urea groups is 2. The third-order valence-electron chi connectivity index (χ3n) is 18.7. The van der Waals surface area contributed by atoms with Gasteiger partial charge in [0.1, 0.15) is 34.9 Å². The zero-order chi connectivity index (χ0) is 80.8. The molecule has 6 fully saturated rings. The van der Waals surface area contributed by atoms with Gasteiger partial charge in [-0.15, -0.1) is 0 Å². The Bertz CT molecular complexity index is 4230. The van der Waals surface area contributed by atoms with Gasteiger partial charge in [0.25, 0.3) is 0 Å². The first-order chi connectivity index (χ1) is 50.7. The number of nitrogens with one attached hydrogen (secondary N) is 4. The number of anilines is 8. The van der Waals surface area contributed by atoms with Crippen LogP contribution in [0.15, 0.2) is 72.8 Å². The maximum atomic E-state index is 12.8. The molecule has 9 heterocycles. The Morgan fingerprint density at radius 2 is 0.927 bits per heavy atom. The van der Waals surface area contributed by atoms with Crippen LogP contribution in [0, 0.1) is 25.7 Å². The average molecular weight is 1670 g/mol. The third-order valence-corrected chi connectivity index (χ3v) is 24.8. The molecule has 11 rings (SSSR count). The molecule has 6 saturated heterocycles. The van der Waals surface area contributed by atoms with E-state index in [0.29, 0.717) is 116 Å². The molecule has 0 bridgehead atoms. The molecule has 2 aromatic carbocycles. The van der Waals surface area contributed by atoms with Crippen LogP contribution in [0.25, 0.3) is 11.1 Å². The van der Waals surface area contributed by atoms with Gasteiger partial charge >= 0.3 is 31.5 Å². The van der Waals surface area contributed by atoms with E-state index in [2.05, 4.69) is 39.9 Å². The largest absolute Gasteiger partial charge is 0.495 e. The Kier molecular flexibility index (Phi) is 33.1. The lowest BCUT2D eigenvalue weighted by Crippen LogP contribution is -2.41. The van der Waals surface area contributed by atoms with Crippen LogP contribution in [0.2, 0.25) is 10.0 Å². The number of benzene rings is 2. The highest BCUT2D eigenvalue weighted by Crippen LogP contribution is 2.39. The van der Waals surface area contributed by atoms with Crippen molar-refractivity contribution in [1.29, 1.82) is 0 Å². The normalized spacial score (nSPS) is 18.7. The van der Waals surface area contributed by atoms with Crippen molar-refractivity contribution in [3.8, 4) is 11.1 Å². The molecule has 110 heavy (non-hydrogen) atoms. The lowest BCUT2D eigenvalue weighted by molar-refractivity contribution is -0.144. The molecule has 3 aromatic heterocycles. The smallest absolute Gasteiger partial charge is 0.399 e. The van der Waals surface area contributed by atoms with E-state index in [1.165, 1.54) is 29.7 Å². The molecule has 2 atom stereocenters. The topological polar surface area (TPSA) is 312 Å². The number of carbonyl (C=O) groups excluding carboxylic acids is 2. The lowest BCUT2D eigenvalue weighted by atomic mass is 9.76. The number of sulfonamides is 2. The van der Waals surface area contributed by atoms with Gasteiger partial charge in [0.2, 0.25) is 29.1 Å². The molecule has 39 heteroatoms. The van der Waals surface area contributed by atoms with Crippen molar-refractivity contribution in [1.82, 2.24) is 24.8 Å². The molecule has 0 aliphatic carbocycles. The van der Waals surface area contributed by atoms with E-state index in [1.54, 1.807) is 70.2 Å². The van der Waals surface area contributed by atoms with Crippen molar-refractivity contribution in [2.45, 2.75) is 155 Å². The monoisotopic (exact) mass is 1670 g/mol. The number of alkyl halides is 6. The van der Waals surface area contributed by atoms with E-state index < -0.39 is 112 Å². The van der Waals surface area contributed by atoms with Crippen LogP contribution in [-0.2, 0) is 52.6 Å². The van der Waals surface area contributed by atoms with Crippen molar-refractivity contribution in [3.05, 3.63) is 94.0 Å². The third kappa shape index (κ3) is 28.2. The first-order valence-corrected chi connectivity index (χ1v) is 41.8. The molecule has 6 aliphatic heterocycles. The second kappa shape index (κ2) is 39.4. The van der Waals surface area contributed by atoms with E-state index in [-0.39, 0.29) is 38.7 Å². The summed E-state index contributed by atoms with van der Waals surface area (Å²) in [5.41, 5.74) is 9.82. The van der Waals surface area contributed by atoms with Gasteiger partial charge in [-0.3, -0.25) is 9.44 Å². The first-order valence-electron chi connectivity index (χ1n) is 35.6. The van der Waals surface area contributed by atoms with E-state index >= 15 is 0 Å². The summed E-state index contributed by atoms with van der Waals surface area (Å²) in [4.78, 5) is 47.4. The Hall–Kier alpha value is -6.61. The number of pyridine rings is 3. The SMILES string of the molecule is C.CC(C)S(=O)(=O)Cl.CC(C)S(=O)(=O)Nc1cc(Cl)cc(N2CCOCC2)n1.Cc1ccc(NC(=O)N2CC[C@@H](CC(F)(F)F)C2)cc1-c1cc(NS(=O)(=O)C(C)C)nc(N2CCOCC2)c1.Cc1ccc(NC(=O)N2CC[C@@H](CC(F)(F)F)C2)cc1B1OC(C)(C)C(C)(C)O1.Nc1cc(Cl)cc(N2CCOCC2)n1. The molecular weight excluding hydrogens is 1570 g/mol. The number of ether oxygens (including phenoxy) is 3. The van der Waals surface area contributed by atoms with Gasteiger partial charge in [-0.1, -0.05) is 48.3 Å². The van der Waals surface area contributed by atoms with Gasteiger partial charge in [0.05, 0.1) is 66.6 Å². The summed E-state index contributed by atoms with van der Waals surface area (Å²) >= 11 is 11.9. The van der Waals surface area contributed by atoms with Gasteiger partial charge in [-0.25, -0.2) is 49.8 Å². The average Bonchev–Trinajstić information content (AvgIpc) is 1.59. The van der Waals surface area contributed by atoms with Crippen LogP contribution >= 0.6 is 33.9 Å². The predicted molar refractivity (Wildman–Crippen MR) is 424 cm³/mol. The van der Waals surface area contributed by atoms with Crippen LogP contribution in [-0.4, -0.2) is 214 Å². The fourth-order valence-corrected chi connectivity index (χ4v) is 13.2. The van der Waals surface area contributed by atoms with Crippen LogP contribution < -0.4 is 46.0 Å². The first kappa shape index (κ1) is 92.3. The number of aromatic nitrogens is 3. The number of aryl methyl sites for hydroxylation is 2. The molecule has 0 radical (unpaired) electrons. The Balaban J connectivity index is 0.000000234. The second-order valence-electron chi connectivity index (χ2n) is 28.8. The number of hydrogen-bond acceptors (Lipinski definition) is 20. The lowest BCUT2D eigenvalue weighted by Gasteiger charge is -2.32. The number of halogens is 9. The summed E-state index contributed by atoms with van der Waals surface area (Å²) in [6.45, 7) is 30.0. The Morgan fingerprint density at radius 1 is 0.555 bits per heavy atom. The number of likely N-dealkylation sites (tertiary alicyclic amines) is 2. The van der Waals surface area contributed by atoms with Crippen molar-refractivity contribution in [2.24, 2.45) is 11.8 Å². The van der Waals surface area contributed by atoms with Crippen molar-refractivity contribution in [3.63, 3.8) is 0 Å². The van der Waals surface area contributed by atoms with Crippen molar-refractivity contribution < 1.29 is 84.7 Å². The molecule has 614 valence electrons. The number of nitrogens with two attached hydrogens (primary N) is 1. The molecule has 5 aromatic rings. The van der Waals surface area contributed by atoms with Gasteiger partial charge in [-0.05, 0) is 185 Å². The number of amides is 4. The van der Waals surface area contributed by atoms with E-state index in [1.807, 2.05) is 75.6 Å². The number of morpholine rings is 3. The molecule has 6 N–H and O–H groups in total. The van der Waals surface area contributed by atoms with E-state index in [0.717, 1.165) is 54.3 Å². The highest BCUT2D eigenvalue weighted by atomic mass is 35.7. The summed E-state index contributed by atoms with van der Waals surface area (Å²) in [6, 6.07) is 20.1.